The molecule has 0 fully saturated rings. The van der Waals surface area contributed by atoms with Gasteiger partial charge in [0.1, 0.15) is 5.15 Å². The van der Waals surface area contributed by atoms with Crippen molar-refractivity contribution in [3.05, 3.63) is 58.9 Å². The molecule has 6 nitrogen and oxygen atoms in total. The van der Waals surface area contributed by atoms with Gasteiger partial charge < -0.3 is 10.6 Å². The maximum absolute atomic E-state index is 11.5. The Morgan fingerprint density at radius 1 is 1.12 bits per heavy atom. The van der Waals surface area contributed by atoms with Crippen LogP contribution in [-0.2, 0) is 22.8 Å². The zero-order valence-corrected chi connectivity index (χ0v) is 18.5. The molecule has 0 spiro atoms. The molecule has 0 unspecified atom stereocenters. The number of guanidine groups is 1. The van der Waals surface area contributed by atoms with Gasteiger partial charge in [-0.1, -0.05) is 29.8 Å². The molecule has 1 heterocycles. The molecule has 0 atom stereocenters. The Hall–Kier alpha value is -1.39. The van der Waals surface area contributed by atoms with E-state index in [0.29, 0.717) is 29.1 Å². The summed E-state index contributed by atoms with van der Waals surface area (Å²) in [7, 11) is -1.47. The van der Waals surface area contributed by atoms with Crippen molar-refractivity contribution >= 4 is 51.4 Å². The smallest absolute Gasteiger partial charge is 0.191 e. The van der Waals surface area contributed by atoms with E-state index < -0.39 is 9.84 Å². The summed E-state index contributed by atoms with van der Waals surface area (Å²) in [6.45, 7) is 1.25. The fourth-order valence-corrected chi connectivity index (χ4v) is 2.88. The minimum absolute atomic E-state index is 0. The van der Waals surface area contributed by atoms with Gasteiger partial charge in [-0.2, -0.15) is 0 Å². The molecule has 0 bridgehead atoms. The standard InChI is InChI=1S/C17H21ClN4O2S.HI/c1-19-17(20-10-9-14-5-8-16(18)21-11-14)22-12-13-3-6-15(7-4-13)25(2,23)24;/h3-8,11H,9-10,12H2,1-2H3,(H2,19,20,22);1H. The lowest BCUT2D eigenvalue weighted by Crippen LogP contribution is -2.37. The number of hydrogen-bond donors (Lipinski definition) is 2. The van der Waals surface area contributed by atoms with E-state index in [2.05, 4.69) is 20.6 Å². The monoisotopic (exact) mass is 508 g/mol. The van der Waals surface area contributed by atoms with E-state index in [1.807, 2.05) is 6.07 Å². The number of aliphatic imine (C=N–C) groups is 1. The van der Waals surface area contributed by atoms with Gasteiger partial charge in [0.2, 0.25) is 0 Å². The molecule has 9 heteroatoms. The first-order chi connectivity index (χ1) is 11.9. The molecule has 2 N–H and O–H groups in total. The molecule has 2 rings (SSSR count). The van der Waals surface area contributed by atoms with Crippen LogP contribution in [0.2, 0.25) is 5.15 Å². The van der Waals surface area contributed by atoms with E-state index >= 15 is 0 Å². The van der Waals surface area contributed by atoms with Crippen LogP contribution in [0.1, 0.15) is 11.1 Å². The van der Waals surface area contributed by atoms with Crippen LogP contribution in [0.15, 0.2) is 52.5 Å². The first-order valence-corrected chi connectivity index (χ1v) is 9.99. The number of pyridine rings is 1. The summed E-state index contributed by atoms with van der Waals surface area (Å²) in [6, 6.07) is 10.5. The Bertz CT molecular complexity index is 825. The van der Waals surface area contributed by atoms with Crippen LogP contribution in [0.3, 0.4) is 0 Å². The second-order valence-electron chi connectivity index (χ2n) is 5.51. The Labute approximate surface area is 176 Å². The highest BCUT2D eigenvalue weighted by atomic mass is 127. The Balaban J connectivity index is 0.00000338. The van der Waals surface area contributed by atoms with Gasteiger partial charge in [-0.3, -0.25) is 4.99 Å². The molecule has 0 saturated heterocycles. The molecule has 26 heavy (non-hydrogen) atoms. The number of hydrogen-bond acceptors (Lipinski definition) is 4. The lowest BCUT2D eigenvalue weighted by molar-refractivity contribution is 0.602. The van der Waals surface area contributed by atoms with Gasteiger partial charge in [-0.05, 0) is 35.7 Å². The second-order valence-corrected chi connectivity index (χ2v) is 7.91. The summed E-state index contributed by atoms with van der Waals surface area (Å²) in [5, 5.41) is 6.90. The van der Waals surface area contributed by atoms with Crippen LogP contribution >= 0.6 is 35.6 Å². The molecular weight excluding hydrogens is 487 g/mol. The van der Waals surface area contributed by atoms with Gasteiger partial charge in [0.25, 0.3) is 0 Å². The van der Waals surface area contributed by atoms with Gasteiger partial charge in [0.15, 0.2) is 15.8 Å². The number of benzene rings is 1. The molecule has 0 aliphatic rings. The molecule has 0 amide bonds. The van der Waals surface area contributed by atoms with Gasteiger partial charge >= 0.3 is 0 Å². The van der Waals surface area contributed by atoms with Crippen molar-refractivity contribution in [2.45, 2.75) is 17.9 Å². The second kappa shape index (κ2) is 10.7. The summed E-state index contributed by atoms with van der Waals surface area (Å²) in [5.41, 5.74) is 2.06. The third kappa shape index (κ3) is 7.46. The molecule has 0 radical (unpaired) electrons. The quantitative estimate of drug-likeness (QED) is 0.271. The molecule has 1 aromatic carbocycles. The van der Waals surface area contributed by atoms with Crippen LogP contribution in [-0.4, -0.2) is 39.2 Å². The van der Waals surface area contributed by atoms with E-state index in [0.717, 1.165) is 17.5 Å². The average Bonchev–Trinajstić information content (AvgIpc) is 2.59. The van der Waals surface area contributed by atoms with Crippen molar-refractivity contribution in [2.24, 2.45) is 4.99 Å². The number of aromatic nitrogens is 1. The maximum Gasteiger partial charge on any atom is 0.191 e. The molecule has 0 aliphatic heterocycles. The predicted octanol–water partition coefficient (Wildman–Crippen LogP) is 2.66. The Morgan fingerprint density at radius 2 is 1.77 bits per heavy atom. The summed E-state index contributed by atoms with van der Waals surface area (Å²) in [5.74, 6) is 0.675. The summed E-state index contributed by atoms with van der Waals surface area (Å²) >= 11 is 5.76. The van der Waals surface area contributed by atoms with Gasteiger partial charge in [0.05, 0.1) is 4.90 Å². The topological polar surface area (TPSA) is 83.4 Å². The van der Waals surface area contributed by atoms with E-state index in [-0.39, 0.29) is 24.0 Å². The third-order valence-corrected chi connectivity index (χ3v) is 4.88. The first kappa shape index (κ1) is 22.7. The lowest BCUT2D eigenvalue weighted by Gasteiger charge is -2.12. The highest BCUT2D eigenvalue weighted by Gasteiger charge is 2.06. The number of nitrogens with zero attached hydrogens (tertiary/aromatic N) is 2. The first-order valence-electron chi connectivity index (χ1n) is 7.72. The predicted molar refractivity (Wildman–Crippen MR) is 116 cm³/mol. The van der Waals surface area contributed by atoms with Crippen molar-refractivity contribution < 1.29 is 8.42 Å². The lowest BCUT2D eigenvalue weighted by atomic mass is 10.2. The molecule has 0 saturated carbocycles. The fraction of sp³-hybridized carbons (Fsp3) is 0.294. The number of sulfone groups is 1. The number of rotatable bonds is 6. The average molecular weight is 509 g/mol. The minimum atomic E-state index is -3.17. The summed E-state index contributed by atoms with van der Waals surface area (Å²) in [4.78, 5) is 8.53. The molecule has 2 aromatic rings. The van der Waals surface area contributed by atoms with Crippen molar-refractivity contribution in [1.29, 1.82) is 0 Å². The van der Waals surface area contributed by atoms with Crippen molar-refractivity contribution in [3.63, 3.8) is 0 Å². The molecule has 0 aliphatic carbocycles. The molecular formula is C17H22ClIN4O2S. The van der Waals surface area contributed by atoms with Gasteiger partial charge in [-0.25, -0.2) is 13.4 Å². The van der Waals surface area contributed by atoms with Crippen molar-refractivity contribution in [3.8, 4) is 0 Å². The van der Waals surface area contributed by atoms with Crippen LogP contribution in [0.4, 0.5) is 0 Å². The van der Waals surface area contributed by atoms with E-state index in [1.54, 1.807) is 43.6 Å². The Morgan fingerprint density at radius 3 is 2.31 bits per heavy atom. The van der Waals surface area contributed by atoms with Crippen LogP contribution < -0.4 is 10.6 Å². The Kier molecular flexibility index (Phi) is 9.31. The van der Waals surface area contributed by atoms with Crippen LogP contribution in [0.25, 0.3) is 0 Å². The van der Waals surface area contributed by atoms with Crippen molar-refractivity contribution in [2.75, 3.05) is 19.8 Å². The minimum Gasteiger partial charge on any atom is -0.356 e. The zero-order valence-electron chi connectivity index (χ0n) is 14.6. The molecule has 142 valence electrons. The normalized spacial score (nSPS) is 11.6. The van der Waals surface area contributed by atoms with E-state index in [1.165, 1.54) is 6.26 Å². The summed E-state index contributed by atoms with van der Waals surface area (Å²) < 4.78 is 22.9. The highest BCUT2D eigenvalue weighted by Crippen LogP contribution is 2.10. The third-order valence-electron chi connectivity index (χ3n) is 3.53. The molecule has 1 aromatic heterocycles. The zero-order chi connectivity index (χ0) is 18.3. The van der Waals surface area contributed by atoms with Crippen LogP contribution in [0, 0.1) is 0 Å². The van der Waals surface area contributed by atoms with E-state index in [9.17, 15) is 8.42 Å². The maximum atomic E-state index is 11.5. The largest absolute Gasteiger partial charge is 0.356 e. The van der Waals surface area contributed by atoms with Gasteiger partial charge in [0, 0.05) is 32.6 Å². The SMILES string of the molecule is CN=C(NCCc1ccc(Cl)nc1)NCc1ccc(S(C)(=O)=O)cc1.I. The highest BCUT2D eigenvalue weighted by molar-refractivity contribution is 14.0. The van der Waals surface area contributed by atoms with Gasteiger partial charge in [-0.15, -0.1) is 24.0 Å². The van der Waals surface area contributed by atoms with E-state index in [4.69, 9.17) is 11.6 Å². The van der Waals surface area contributed by atoms with Crippen molar-refractivity contribution in [1.82, 2.24) is 15.6 Å². The summed E-state index contributed by atoms with van der Waals surface area (Å²) in [6.07, 6.45) is 3.75. The number of nitrogens with one attached hydrogen (secondary N) is 2. The fourth-order valence-electron chi connectivity index (χ4n) is 2.14. The number of halogens is 2. The van der Waals surface area contributed by atoms with Crippen LogP contribution in [0.5, 0.6) is 0 Å².